The predicted molar refractivity (Wildman–Crippen MR) is 117 cm³/mol. The first-order valence-corrected chi connectivity index (χ1v) is 9.23. The molecule has 0 aromatic heterocycles. The zero-order valence-electron chi connectivity index (χ0n) is 16.9. The minimum atomic E-state index is -1.48. The molecule has 0 aliphatic rings. The molecule has 0 saturated carbocycles. The van der Waals surface area contributed by atoms with Gasteiger partial charge in [0, 0.05) is 5.56 Å². The van der Waals surface area contributed by atoms with E-state index in [2.05, 4.69) is 0 Å². The molecule has 3 aromatic carbocycles. The Morgan fingerprint density at radius 1 is 0.576 bits per heavy atom. The molecule has 0 aliphatic carbocycles. The van der Waals surface area contributed by atoms with Crippen molar-refractivity contribution in [2.75, 3.05) is 0 Å². The van der Waals surface area contributed by atoms with Gasteiger partial charge in [0.05, 0.1) is 16.7 Å². The number of phenolic OH excluding ortho intramolecular Hbond substituents is 2. The predicted octanol–water partition coefficient (Wildman–Crippen LogP) is 3.78. The van der Waals surface area contributed by atoms with Crippen LogP contribution in [0, 0.1) is 0 Å². The Hall–Kier alpha value is -4.92. The minimum absolute atomic E-state index is 0.133. The van der Waals surface area contributed by atoms with E-state index in [0.717, 1.165) is 23.8 Å². The van der Waals surface area contributed by atoms with Crippen LogP contribution in [0.1, 0.15) is 47.0 Å². The van der Waals surface area contributed by atoms with Crippen LogP contribution in [0.2, 0.25) is 0 Å². The van der Waals surface area contributed by atoms with Gasteiger partial charge in [0.25, 0.3) is 0 Å². The van der Waals surface area contributed by atoms with Crippen LogP contribution in [0.3, 0.4) is 0 Å². The summed E-state index contributed by atoms with van der Waals surface area (Å²) in [6, 6.07) is 15.4. The molecule has 0 heterocycles. The highest BCUT2D eigenvalue weighted by atomic mass is 16.4. The molecule has 0 unspecified atom stereocenters. The van der Waals surface area contributed by atoms with Gasteiger partial charge in [-0.15, -0.1) is 0 Å². The Morgan fingerprint density at radius 3 is 1.55 bits per heavy atom. The van der Waals surface area contributed by atoms with Crippen molar-refractivity contribution in [3.63, 3.8) is 0 Å². The molecule has 0 amide bonds. The number of aromatic hydroxyl groups is 2. The third-order valence-corrected chi connectivity index (χ3v) is 4.20. The minimum Gasteiger partial charge on any atom is -0.508 e. The first-order chi connectivity index (χ1) is 15.6. The number of carbonyl (C=O) groups is 4. The number of phenols is 2. The zero-order valence-corrected chi connectivity index (χ0v) is 16.9. The van der Waals surface area contributed by atoms with E-state index in [9.17, 15) is 19.2 Å². The number of hydrogen-bond acceptors (Lipinski definition) is 6. The Bertz CT molecular complexity index is 1210. The van der Waals surface area contributed by atoms with E-state index in [1.165, 1.54) is 18.2 Å². The molecule has 0 saturated heterocycles. The Kier molecular flexibility index (Phi) is 8.05. The number of ketones is 1. The van der Waals surface area contributed by atoms with Gasteiger partial charge in [0.15, 0.2) is 5.78 Å². The molecule has 9 nitrogen and oxygen atoms in total. The highest BCUT2D eigenvalue weighted by molar-refractivity contribution is 6.07. The van der Waals surface area contributed by atoms with Gasteiger partial charge in [-0.1, -0.05) is 18.2 Å². The maximum atomic E-state index is 11.8. The van der Waals surface area contributed by atoms with E-state index in [0.29, 0.717) is 5.56 Å². The van der Waals surface area contributed by atoms with Crippen LogP contribution >= 0.6 is 0 Å². The van der Waals surface area contributed by atoms with Crippen molar-refractivity contribution >= 4 is 29.8 Å². The van der Waals surface area contributed by atoms with Gasteiger partial charge >= 0.3 is 17.9 Å². The molecule has 9 heteroatoms. The summed E-state index contributed by atoms with van der Waals surface area (Å²) in [4.78, 5) is 43.5. The van der Waals surface area contributed by atoms with Crippen molar-refractivity contribution in [1.82, 2.24) is 0 Å². The molecule has 0 fully saturated rings. The van der Waals surface area contributed by atoms with Gasteiger partial charge in [-0.2, -0.15) is 0 Å². The van der Waals surface area contributed by atoms with Gasteiger partial charge in [-0.25, -0.2) is 14.4 Å². The fraction of sp³-hybridized carbons (Fsp3) is 0. The number of benzene rings is 3. The van der Waals surface area contributed by atoms with Crippen molar-refractivity contribution in [3.05, 3.63) is 101 Å². The summed E-state index contributed by atoms with van der Waals surface area (Å²) in [5.74, 6) is -4.01. The third kappa shape index (κ3) is 7.07. The lowest BCUT2D eigenvalue weighted by atomic mass is 10.0. The Labute approximate surface area is 187 Å². The van der Waals surface area contributed by atoms with Gasteiger partial charge in [0.1, 0.15) is 11.5 Å². The largest absolute Gasteiger partial charge is 0.508 e. The zero-order chi connectivity index (χ0) is 24.5. The van der Waals surface area contributed by atoms with E-state index in [-0.39, 0.29) is 22.8 Å². The van der Waals surface area contributed by atoms with E-state index in [4.69, 9.17) is 25.5 Å². The fourth-order valence-corrected chi connectivity index (χ4v) is 2.52. The van der Waals surface area contributed by atoms with Crippen LogP contribution in [0.15, 0.2) is 72.8 Å². The van der Waals surface area contributed by atoms with E-state index >= 15 is 0 Å². The van der Waals surface area contributed by atoms with Gasteiger partial charge in [-0.3, -0.25) is 4.79 Å². The van der Waals surface area contributed by atoms with E-state index < -0.39 is 29.0 Å². The maximum Gasteiger partial charge on any atom is 0.336 e. The first kappa shape index (κ1) is 24.4. The van der Waals surface area contributed by atoms with Crippen molar-refractivity contribution < 1.29 is 44.7 Å². The van der Waals surface area contributed by atoms with Crippen LogP contribution in [-0.2, 0) is 0 Å². The third-order valence-electron chi connectivity index (χ3n) is 4.20. The number of allylic oxidation sites excluding steroid dienone is 1. The average molecular weight is 450 g/mol. The van der Waals surface area contributed by atoms with Crippen molar-refractivity contribution in [2.45, 2.75) is 0 Å². The number of hydrogen-bond donors (Lipinski definition) is 5. The molecular weight excluding hydrogens is 432 g/mol. The highest BCUT2D eigenvalue weighted by Gasteiger charge is 2.17. The summed E-state index contributed by atoms with van der Waals surface area (Å²) >= 11 is 0. The summed E-state index contributed by atoms with van der Waals surface area (Å²) < 4.78 is 0. The molecule has 168 valence electrons. The molecule has 0 bridgehead atoms. The van der Waals surface area contributed by atoms with Crippen LogP contribution in [0.4, 0.5) is 0 Å². The Balaban J connectivity index is 0.000000238. The number of carbonyl (C=O) groups excluding carboxylic acids is 1. The molecule has 3 aromatic rings. The number of carboxylic acid groups (broad SMARTS) is 3. The molecule has 3 rings (SSSR count). The fourth-order valence-electron chi connectivity index (χ4n) is 2.52. The first-order valence-electron chi connectivity index (χ1n) is 9.23. The monoisotopic (exact) mass is 450 g/mol. The van der Waals surface area contributed by atoms with Crippen molar-refractivity contribution in [2.24, 2.45) is 0 Å². The topological polar surface area (TPSA) is 169 Å². The lowest BCUT2D eigenvalue weighted by molar-refractivity contribution is 0.0649. The Morgan fingerprint density at radius 2 is 1.06 bits per heavy atom. The normalized spacial score (nSPS) is 10.2. The molecule has 33 heavy (non-hydrogen) atoms. The van der Waals surface area contributed by atoms with E-state index in [1.54, 1.807) is 42.5 Å². The smallest absolute Gasteiger partial charge is 0.336 e. The van der Waals surface area contributed by atoms with Crippen LogP contribution in [0.25, 0.3) is 6.08 Å². The van der Waals surface area contributed by atoms with Gasteiger partial charge in [0.2, 0.25) is 0 Å². The maximum absolute atomic E-state index is 11.8. The summed E-state index contributed by atoms with van der Waals surface area (Å²) in [5, 5.41) is 44.1. The summed E-state index contributed by atoms with van der Waals surface area (Å²) in [6.07, 6.45) is 3.13. The molecule has 5 N–H and O–H groups in total. The van der Waals surface area contributed by atoms with Crippen LogP contribution < -0.4 is 0 Å². The summed E-state index contributed by atoms with van der Waals surface area (Å²) in [6.45, 7) is 0. The highest BCUT2D eigenvalue weighted by Crippen LogP contribution is 2.14. The summed E-state index contributed by atoms with van der Waals surface area (Å²) in [5.41, 5.74) is 0.107. The second kappa shape index (κ2) is 10.9. The molecule has 0 radical (unpaired) electrons. The number of aromatic carboxylic acids is 3. The second-order valence-electron chi connectivity index (χ2n) is 6.51. The van der Waals surface area contributed by atoms with Crippen molar-refractivity contribution in [3.8, 4) is 11.5 Å². The lowest BCUT2D eigenvalue weighted by Gasteiger charge is -2.02. The number of carboxylic acids is 3. The molecule has 0 aliphatic heterocycles. The molecule has 0 spiro atoms. The standard InChI is InChI=1S/C15H12O3.C9H6O6/c16-13-6-1-11(2-7-13)3-10-15(18)12-4-8-14(17)9-5-12;10-7(11)4-1-2-5(8(12)13)6(3-4)9(14)15/h1-10,16-17H;1-3H,(H,10,11)(H,12,13)(H,14,15). The lowest BCUT2D eigenvalue weighted by Crippen LogP contribution is -2.10. The van der Waals surface area contributed by atoms with Crippen LogP contribution in [-0.4, -0.2) is 49.2 Å². The quantitative estimate of drug-likeness (QED) is 0.277. The van der Waals surface area contributed by atoms with Gasteiger partial charge in [-0.05, 0) is 66.2 Å². The van der Waals surface area contributed by atoms with E-state index in [1.807, 2.05) is 0 Å². The number of rotatable bonds is 6. The van der Waals surface area contributed by atoms with Crippen LogP contribution in [0.5, 0.6) is 11.5 Å². The molecular formula is C24H18O9. The van der Waals surface area contributed by atoms with Gasteiger partial charge < -0.3 is 25.5 Å². The molecule has 0 atom stereocenters. The van der Waals surface area contributed by atoms with Crippen molar-refractivity contribution in [1.29, 1.82) is 0 Å². The SMILES string of the molecule is O=C(C=Cc1ccc(O)cc1)c1ccc(O)cc1.O=C(O)c1ccc(C(=O)O)c(C(=O)O)c1. The summed E-state index contributed by atoms with van der Waals surface area (Å²) in [7, 11) is 0. The second-order valence-corrected chi connectivity index (χ2v) is 6.51. The average Bonchev–Trinajstić information content (AvgIpc) is 2.78.